The molecule has 0 aliphatic heterocycles. The summed E-state index contributed by atoms with van der Waals surface area (Å²) in [6.07, 6.45) is 29.9. The third-order valence-corrected chi connectivity index (χ3v) is 8.99. The average molecular weight is 709 g/mol. The van der Waals surface area contributed by atoms with Gasteiger partial charge in [-0.1, -0.05) is 148 Å². The van der Waals surface area contributed by atoms with Crippen LogP contribution in [0.1, 0.15) is 154 Å². The predicted molar refractivity (Wildman–Crippen MR) is 209 cm³/mol. The Balaban J connectivity index is 1.69. The third kappa shape index (κ3) is 35.2. The van der Waals surface area contributed by atoms with E-state index in [1.807, 2.05) is 0 Å². The van der Waals surface area contributed by atoms with Crippen LogP contribution in [-0.4, -0.2) is 85.9 Å². The molecule has 1 aromatic rings. The maximum atomic E-state index is 5.80. The first kappa shape index (κ1) is 46.8. The maximum Gasteiger partial charge on any atom is 0.119 e. The molecule has 7 nitrogen and oxygen atoms in total. The third-order valence-electron chi connectivity index (χ3n) is 8.99. The lowest BCUT2D eigenvalue weighted by Gasteiger charge is -2.09. The molecule has 0 atom stereocenters. The summed E-state index contributed by atoms with van der Waals surface area (Å²) in [4.78, 5) is 0. The van der Waals surface area contributed by atoms with E-state index in [9.17, 15) is 0 Å². The summed E-state index contributed by atoms with van der Waals surface area (Å²) in [7, 11) is 0. The molecule has 0 saturated heterocycles. The number of hydrogen-bond donors (Lipinski definition) is 0. The van der Waals surface area contributed by atoms with Crippen LogP contribution in [0.25, 0.3) is 0 Å². The summed E-state index contributed by atoms with van der Waals surface area (Å²) in [5, 5.41) is 0. The van der Waals surface area contributed by atoms with Crippen LogP contribution >= 0.6 is 0 Å². The van der Waals surface area contributed by atoms with Gasteiger partial charge in [0.1, 0.15) is 12.4 Å². The number of aryl methyl sites for hydroxylation is 1. The van der Waals surface area contributed by atoms with E-state index in [1.54, 1.807) is 0 Å². The SMILES string of the molecule is CCCCCCCCCCCCCCCCOCCOCCOCCOCCOCCOCCOc1ccc(CCCCCCCCC)cc1. The Bertz CT molecular complexity index is 760. The highest BCUT2D eigenvalue weighted by Gasteiger charge is 1.99. The van der Waals surface area contributed by atoms with Gasteiger partial charge in [0.2, 0.25) is 0 Å². The van der Waals surface area contributed by atoms with Gasteiger partial charge in [-0.3, -0.25) is 0 Å². The largest absolute Gasteiger partial charge is 0.491 e. The van der Waals surface area contributed by atoms with Gasteiger partial charge in [-0.05, 0) is 37.0 Å². The minimum Gasteiger partial charge on any atom is -0.491 e. The molecule has 0 aromatic heterocycles. The van der Waals surface area contributed by atoms with Crippen molar-refractivity contribution in [1.29, 1.82) is 0 Å². The van der Waals surface area contributed by atoms with Crippen LogP contribution in [0.2, 0.25) is 0 Å². The Kier molecular flexibility index (Phi) is 38.0. The second kappa shape index (κ2) is 40.5. The Morgan fingerprint density at radius 1 is 0.300 bits per heavy atom. The quantitative estimate of drug-likeness (QED) is 0.0626. The first-order valence-corrected chi connectivity index (χ1v) is 21.0. The summed E-state index contributed by atoms with van der Waals surface area (Å²) >= 11 is 0. The van der Waals surface area contributed by atoms with Crippen LogP contribution < -0.4 is 4.74 Å². The van der Waals surface area contributed by atoms with Crippen molar-refractivity contribution in [1.82, 2.24) is 0 Å². The van der Waals surface area contributed by atoms with Crippen molar-refractivity contribution in [3.05, 3.63) is 29.8 Å². The van der Waals surface area contributed by atoms with E-state index in [1.165, 1.54) is 134 Å². The number of unbranched alkanes of at least 4 members (excludes halogenated alkanes) is 19. The summed E-state index contributed by atoms with van der Waals surface area (Å²) in [6, 6.07) is 8.50. The molecule has 0 bridgehead atoms. The van der Waals surface area contributed by atoms with Crippen molar-refractivity contribution in [2.75, 3.05) is 85.9 Å². The zero-order valence-electron chi connectivity index (χ0n) is 32.9. The lowest BCUT2D eigenvalue weighted by atomic mass is 10.0. The van der Waals surface area contributed by atoms with E-state index >= 15 is 0 Å². The first-order chi connectivity index (χ1) is 24.9. The molecule has 0 aliphatic carbocycles. The maximum absolute atomic E-state index is 5.80. The van der Waals surface area contributed by atoms with Crippen LogP contribution in [0.5, 0.6) is 5.75 Å². The lowest BCUT2D eigenvalue weighted by molar-refractivity contribution is -0.0179. The summed E-state index contributed by atoms with van der Waals surface area (Å²) in [6.45, 7) is 12.2. The highest BCUT2D eigenvalue weighted by Crippen LogP contribution is 2.16. The van der Waals surface area contributed by atoms with Gasteiger partial charge in [-0.2, -0.15) is 0 Å². The molecule has 50 heavy (non-hydrogen) atoms. The second-order valence-electron chi connectivity index (χ2n) is 13.6. The molecule has 294 valence electrons. The molecular formula is C43H80O7. The molecule has 0 radical (unpaired) electrons. The van der Waals surface area contributed by atoms with Gasteiger partial charge >= 0.3 is 0 Å². The normalized spacial score (nSPS) is 11.5. The Hall–Kier alpha value is -1.22. The van der Waals surface area contributed by atoms with Gasteiger partial charge in [-0.15, -0.1) is 0 Å². The topological polar surface area (TPSA) is 64.6 Å². The van der Waals surface area contributed by atoms with Crippen LogP contribution in [0, 0.1) is 0 Å². The minimum absolute atomic E-state index is 0.540. The Morgan fingerprint density at radius 2 is 0.600 bits per heavy atom. The molecule has 0 unspecified atom stereocenters. The molecule has 0 spiro atoms. The Labute approximate surface area is 309 Å². The fraction of sp³-hybridized carbons (Fsp3) is 0.860. The monoisotopic (exact) mass is 709 g/mol. The molecule has 1 rings (SSSR count). The molecule has 0 fully saturated rings. The van der Waals surface area contributed by atoms with Gasteiger partial charge in [0.25, 0.3) is 0 Å². The standard InChI is InChI=1S/C43H80O7/c1-3-5-7-9-11-12-13-14-15-16-17-19-21-23-29-44-30-31-45-32-33-46-34-35-47-36-37-48-38-39-49-40-41-50-43-27-25-42(26-28-43)24-22-20-18-10-8-6-4-2/h25-28H,3-24,29-41H2,1-2H3. The summed E-state index contributed by atoms with van der Waals surface area (Å²) < 4.78 is 39.4. The minimum atomic E-state index is 0.540. The number of hydrogen-bond acceptors (Lipinski definition) is 7. The van der Waals surface area contributed by atoms with Crippen LogP contribution in [0.15, 0.2) is 24.3 Å². The van der Waals surface area contributed by atoms with Crippen molar-refractivity contribution >= 4 is 0 Å². The van der Waals surface area contributed by atoms with E-state index in [-0.39, 0.29) is 0 Å². The Morgan fingerprint density at radius 3 is 0.980 bits per heavy atom. The molecule has 1 aromatic carbocycles. The molecular weight excluding hydrogens is 628 g/mol. The highest BCUT2D eigenvalue weighted by atomic mass is 16.6. The van der Waals surface area contributed by atoms with E-state index < -0.39 is 0 Å². The van der Waals surface area contributed by atoms with Crippen molar-refractivity contribution in [2.45, 2.75) is 155 Å². The van der Waals surface area contributed by atoms with Crippen LogP contribution in [-0.2, 0) is 34.8 Å². The zero-order chi connectivity index (χ0) is 35.7. The molecule has 7 heteroatoms. The highest BCUT2D eigenvalue weighted by molar-refractivity contribution is 5.27. The smallest absolute Gasteiger partial charge is 0.119 e. The fourth-order valence-corrected chi connectivity index (χ4v) is 5.86. The van der Waals surface area contributed by atoms with Crippen molar-refractivity contribution < 1.29 is 33.2 Å². The van der Waals surface area contributed by atoms with E-state index in [2.05, 4.69) is 38.1 Å². The zero-order valence-corrected chi connectivity index (χ0v) is 32.9. The van der Waals surface area contributed by atoms with Crippen LogP contribution in [0.4, 0.5) is 0 Å². The molecule has 0 saturated carbocycles. The van der Waals surface area contributed by atoms with E-state index in [0.29, 0.717) is 79.3 Å². The molecule has 0 heterocycles. The van der Waals surface area contributed by atoms with Crippen LogP contribution in [0.3, 0.4) is 0 Å². The lowest BCUT2D eigenvalue weighted by Crippen LogP contribution is -2.14. The van der Waals surface area contributed by atoms with Crippen molar-refractivity contribution in [3.8, 4) is 5.75 Å². The average Bonchev–Trinajstić information content (AvgIpc) is 3.13. The van der Waals surface area contributed by atoms with Gasteiger partial charge < -0.3 is 33.2 Å². The van der Waals surface area contributed by atoms with E-state index in [0.717, 1.165) is 25.2 Å². The van der Waals surface area contributed by atoms with Gasteiger partial charge in [-0.25, -0.2) is 0 Å². The summed E-state index contributed by atoms with van der Waals surface area (Å²) in [5.74, 6) is 0.900. The van der Waals surface area contributed by atoms with Crippen molar-refractivity contribution in [2.24, 2.45) is 0 Å². The predicted octanol–water partition coefficient (Wildman–Crippen LogP) is 10.9. The van der Waals surface area contributed by atoms with Crippen molar-refractivity contribution in [3.63, 3.8) is 0 Å². The fourth-order valence-electron chi connectivity index (χ4n) is 5.86. The second-order valence-corrected chi connectivity index (χ2v) is 13.6. The van der Waals surface area contributed by atoms with E-state index in [4.69, 9.17) is 33.2 Å². The number of rotatable bonds is 42. The number of ether oxygens (including phenoxy) is 7. The van der Waals surface area contributed by atoms with Gasteiger partial charge in [0.15, 0.2) is 0 Å². The molecule has 0 N–H and O–H groups in total. The van der Waals surface area contributed by atoms with Gasteiger partial charge in [0.05, 0.1) is 72.7 Å². The molecule has 0 aliphatic rings. The first-order valence-electron chi connectivity index (χ1n) is 21.0. The van der Waals surface area contributed by atoms with Gasteiger partial charge in [0, 0.05) is 6.61 Å². The molecule has 0 amide bonds. The summed E-state index contributed by atoms with van der Waals surface area (Å²) in [5.41, 5.74) is 1.39. The number of benzene rings is 1.